The molecule has 0 aromatic carbocycles. The standard InChI is InChI=1S/C17H23N3O4/c1-4-24-16(22)6-5-9-19-15(21)8-7-13-11(2)14(10-18)17(23)20-12(13)3/h4-9H2,1-3H3,(H,19,21)(H,20,23). The number of hydrogen-bond acceptors (Lipinski definition) is 5. The second-order valence-electron chi connectivity index (χ2n) is 5.43. The number of nitrogens with zero attached hydrogens (tertiary/aromatic N) is 1. The molecule has 0 bridgehead atoms. The molecule has 24 heavy (non-hydrogen) atoms. The molecule has 0 aliphatic rings. The number of carbonyl (C=O) groups is 2. The van der Waals surface area contributed by atoms with Crippen LogP contribution in [0.15, 0.2) is 4.79 Å². The highest BCUT2D eigenvalue weighted by Crippen LogP contribution is 2.14. The van der Waals surface area contributed by atoms with E-state index in [1.165, 1.54) is 0 Å². The predicted octanol–water partition coefficient (Wildman–Crippen LogP) is 1.26. The minimum atomic E-state index is -0.403. The summed E-state index contributed by atoms with van der Waals surface area (Å²) in [4.78, 5) is 37.3. The zero-order chi connectivity index (χ0) is 18.1. The molecule has 1 rings (SSSR count). The second-order valence-corrected chi connectivity index (χ2v) is 5.43. The Morgan fingerprint density at radius 3 is 2.62 bits per heavy atom. The number of aromatic amines is 1. The van der Waals surface area contributed by atoms with Gasteiger partial charge < -0.3 is 15.0 Å². The third-order valence-corrected chi connectivity index (χ3v) is 3.71. The number of pyridine rings is 1. The summed E-state index contributed by atoms with van der Waals surface area (Å²) in [6.07, 6.45) is 1.49. The van der Waals surface area contributed by atoms with Crippen LogP contribution in [0.5, 0.6) is 0 Å². The van der Waals surface area contributed by atoms with E-state index in [0.29, 0.717) is 37.3 Å². The number of esters is 1. The molecule has 0 radical (unpaired) electrons. The highest BCUT2D eigenvalue weighted by Gasteiger charge is 2.13. The van der Waals surface area contributed by atoms with Crippen molar-refractivity contribution in [1.29, 1.82) is 5.26 Å². The Morgan fingerprint density at radius 1 is 1.29 bits per heavy atom. The van der Waals surface area contributed by atoms with Crippen LogP contribution in [0.4, 0.5) is 0 Å². The van der Waals surface area contributed by atoms with Gasteiger partial charge in [0.25, 0.3) is 5.56 Å². The summed E-state index contributed by atoms with van der Waals surface area (Å²) in [5.41, 5.74) is 1.79. The van der Waals surface area contributed by atoms with Gasteiger partial charge in [-0.15, -0.1) is 0 Å². The summed E-state index contributed by atoms with van der Waals surface area (Å²) < 4.78 is 4.81. The van der Waals surface area contributed by atoms with Gasteiger partial charge in [0.2, 0.25) is 5.91 Å². The van der Waals surface area contributed by atoms with E-state index in [-0.39, 0.29) is 30.3 Å². The maximum atomic E-state index is 11.9. The van der Waals surface area contributed by atoms with Crippen LogP contribution in [-0.4, -0.2) is 30.0 Å². The fourth-order valence-corrected chi connectivity index (χ4v) is 2.44. The molecule has 1 aromatic heterocycles. The number of amides is 1. The smallest absolute Gasteiger partial charge is 0.305 e. The molecule has 1 heterocycles. The summed E-state index contributed by atoms with van der Waals surface area (Å²) in [6, 6.07) is 1.89. The van der Waals surface area contributed by atoms with Crippen LogP contribution in [0.2, 0.25) is 0 Å². The van der Waals surface area contributed by atoms with Gasteiger partial charge in [0.05, 0.1) is 6.61 Å². The van der Waals surface area contributed by atoms with Crippen LogP contribution >= 0.6 is 0 Å². The first-order chi connectivity index (χ1) is 11.4. The number of H-pyrrole nitrogens is 1. The Morgan fingerprint density at radius 2 is 2.00 bits per heavy atom. The van der Waals surface area contributed by atoms with Gasteiger partial charge in [-0.25, -0.2) is 0 Å². The molecule has 1 amide bonds. The third-order valence-electron chi connectivity index (χ3n) is 3.71. The van der Waals surface area contributed by atoms with Crippen LogP contribution < -0.4 is 10.9 Å². The lowest BCUT2D eigenvalue weighted by atomic mass is 9.99. The monoisotopic (exact) mass is 333 g/mol. The molecule has 0 saturated carbocycles. The lowest BCUT2D eigenvalue weighted by Gasteiger charge is -2.11. The number of hydrogen-bond donors (Lipinski definition) is 2. The van der Waals surface area contributed by atoms with Crippen LogP contribution in [0.25, 0.3) is 0 Å². The average molecular weight is 333 g/mol. The Hall–Kier alpha value is -2.62. The Kier molecular flexibility index (Phi) is 7.69. The molecule has 0 unspecified atom stereocenters. The fraction of sp³-hybridized carbons (Fsp3) is 0.529. The Balaban J connectivity index is 2.50. The predicted molar refractivity (Wildman–Crippen MR) is 88.4 cm³/mol. The van der Waals surface area contributed by atoms with Crippen LogP contribution in [0, 0.1) is 25.2 Å². The lowest BCUT2D eigenvalue weighted by Crippen LogP contribution is -2.26. The number of nitrogens with one attached hydrogen (secondary N) is 2. The number of aryl methyl sites for hydroxylation is 1. The number of ether oxygens (including phenoxy) is 1. The van der Waals surface area contributed by atoms with Gasteiger partial charge in [0.15, 0.2) is 0 Å². The molecule has 2 N–H and O–H groups in total. The first-order valence-corrected chi connectivity index (χ1v) is 7.95. The van der Waals surface area contributed by atoms with E-state index in [1.807, 2.05) is 6.07 Å². The maximum Gasteiger partial charge on any atom is 0.305 e. The van der Waals surface area contributed by atoms with Crippen molar-refractivity contribution in [1.82, 2.24) is 10.3 Å². The van der Waals surface area contributed by atoms with Gasteiger partial charge in [-0.2, -0.15) is 5.26 Å². The first kappa shape index (κ1) is 19.4. The van der Waals surface area contributed by atoms with E-state index in [2.05, 4.69) is 10.3 Å². The number of aromatic nitrogens is 1. The van der Waals surface area contributed by atoms with Crippen molar-refractivity contribution in [3.05, 3.63) is 32.7 Å². The number of nitriles is 1. The van der Waals surface area contributed by atoms with E-state index in [0.717, 1.165) is 5.56 Å². The summed E-state index contributed by atoms with van der Waals surface area (Å²) in [7, 11) is 0. The third kappa shape index (κ3) is 5.54. The van der Waals surface area contributed by atoms with Crippen molar-refractivity contribution >= 4 is 11.9 Å². The molecule has 7 heteroatoms. The SMILES string of the molecule is CCOC(=O)CCCNC(=O)CCc1c(C)[nH]c(=O)c(C#N)c1C. The molecule has 0 spiro atoms. The zero-order valence-corrected chi connectivity index (χ0v) is 14.3. The van der Waals surface area contributed by atoms with E-state index in [9.17, 15) is 14.4 Å². The van der Waals surface area contributed by atoms with E-state index >= 15 is 0 Å². The fourth-order valence-electron chi connectivity index (χ4n) is 2.44. The number of rotatable bonds is 8. The van der Waals surface area contributed by atoms with Crippen LogP contribution in [0.1, 0.15) is 48.6 Å². The number of carbonyl (C=O) groups excluding carboxylic acids is 2. The zero-order valence-electron chi connectivity index (χ0n) is 14.3. The first-order valence-electron chi connectivity index (χ1n) is 7.95. The molecule has 1 aromatic rings. The van der Waals surface area contributed by atoms with Crippen molar-refractivity contribution in [2.24, 2.45) is 0 Å². The normalized spacial score (nSPS) is 10.1. The van der Waals surface area contributed by atoms with Gasteiger partial charge in [0, 0.05) is 25.1 Å². The molecule has 0 saturated heterocycles. The molecular weight excluding hydrogens is 310 g/mol. The molecule has 130 valence electrons. The summed E-state index contributed by atoms with van der Waals surface area (Å²) >= 11 is 0. The van der Waals surface area contributed by atoms with Gasteiger partial charge in [0.1, 0.15) is 11.6 Å². The quantitative estimate of drug-likeness (QED) is 0.549. The summed E-state index contributed by atoms with van der Waals surface area (Å²) in [5, 5.41) is 11.8. The lowest BCUT2D eigenvalue weighted by molar-refractivity contribution is -0.143. The van der Waals surface area contributed by atoms with Crippen molar-refractivity contribution in [2.75, 3.05) is 13.2 Å². The van der Waals surface area contributed by atoms with Gasteiger partial charge >= 0.3 is 5.97 Å². The maximum absolute atomic E-state index is 11.9. The molecule has 0 aliphatic heterocycles. The highest BCUT2D eigenvalue weighted by atomic mass is 16.5. The van der Waals surface area contributed by atoms with Crippen molar-refractivity contribution in [3.8, 4) is 6.07 Å². The van der Waals surface area contributed by atoms with E-state index in [1.54, 1.807) is 20.8 Å². The van der Waals surface area contributed by atoms with Gasteiger partial charge in [-0.1, -0.05) is 0 Å². The minimum Gasteiger partial charge on any atom is -0.466 e. The molecule has 7 nitrogen and oxygen atoms in total. The summed E-state index contributed by atoms with van der Waals surface area (Å²) in [5.74, 6) is -0.405. The Labute approximate surface area is 141 Å². The van der Waals surface area contributed by atoms with Gasteiger partial charge in [-0.3, -0.25) is 14.4 Å². The molecular formula is C17H23N3O4. The minimum absolute atomic E-state index is 0.0884. The van der Waals surface area contributed by atoms with Crippen molar-refractivity contribution < 1.29 is 14.3 Å². The summed E-state index contributed by atoms with van der Waals surface area (Å²) in [6.45, 7) is 5.98. The van der Waals surface area contributed by atoms with Crippen LogP contribution in [-0.2, 0) is 20.7 Å². The highest BCUT2D eigenvalue weighted by molar-refractivity contribution is 5.76. The van der Waals surface area contributed by atoms with E-state index < -0.39 is 5.56 Å². The van der Waals surface area contributed by atoms with Crippen molar-refractivity contribution in [3.63, 3.8) is 0 Å². The average Bonchev–Trinajstić information content (AvgIpc) is 2.51. The second kappa shape index (κ2) is 9.50. The van der Waals surface area contributed by atoms with Crippen molar-refractivity contribution in [2.45, 2.75) is 46.5 Å². The molecule has 0 fully saturated rings. The molecule has 0 atom stereocenters. The Bertz CT molecular complexity index is 701. The van der Waals surface area contributed by atoms with Crippen LogP contribution in [0.3, 0.4) is 0 Å². The van der Waals surface area contributed by atoms with E-state index in [4.69, 9.17) is 10.00 Å². The van der Waals surface area contributed by atoms with Gasteiger partial charge in [-0.05, 0) is 44.7 Å². The largest absolute Gasteiger partial charge is 0.466 e. The molecule has 0 aliphatic carbocycles. The topological polar surface area (TPSA) is 112 Å².